The molecule has 3 N–H and O–H groups in total. The van der Waals surface area contributed by atoms with Crippen molar-refractivity contribution >= 4 is 23.6 Å². The topological polar surface area (TPSA) is 123 Å². The zero-order chi connectivity index (χ0) is 18.2. The number of aromatic nitrogens is 1. The van der Waals surface area contributed by atoms with E-state index in [1.807, 2.05) is 0 Å². The van der Waals surface area contributed by atoms with Gasteiger partial charge in [0.15, 0.2) is 5.69 Å². The summed E-state index contributed by atoms with van der Waals surface area (Å²) in [6, 6.07) is 0.193. The van der Waals surface area contributed by atoms with E-state index in [0.29, 0.717) is 0 Å². The van der Waals surface area contributed by atoms with Crippen molar-refractivity contribution in [3.05, 3.63) is 11.5 Å². The SMILES string of the molecule is CC(C)(C)OC(=O)Nc1c(C(=O)NC2CC2)noc1C(=O)NC1CC1. The van der Waals surface area contributed by atoms with Crippen molar-refractivity contribution in [2.24, 2.45) is 0 Å². The molecule has 3 amide bonds. The van der Waals surface area contributed by atoms with E-state index in [-0.39, 0.29) is 29.2 Å². The van der Waals surface area contributed by atoms with Crippen LogP contribution in [0.15, 0.2) is 4.52 Å². The molecule has 3 rings (SSSR count). The van der Waals surface area contributed by atoms with Gasteiger partial charge in [0, 0.05) is 12.1 Å². The summed E-state index contributed by atoms with van der Waals surface area (Å²) in [5, 5.41) is 11.6. The van der Waals surface area contributed by atoms with Crippen molar-refractivity contribution in [2.45, 2.75) is 64.1 Å². The highest BCUT2D eigenvalue weighted by atomic mass is 16.6. The number of carbonyl (C=O) groups excluding carboxylic acids is 3. The van der Waals surface area contributed by atoms with E-state index in [4.69, 9.17) is 9.26 Å². The van der Waals surface area contributed by atoms with Crippen LogP contribution in [0.3, 0.4) is 0 Å². The Morgan fingerprint density at radius 2 is 1.60 bits per heavy atom. The summed E-state index contributed by atoms with van der Waals surface area (Å²) >= 11 is 0. The number of nitrogens with zero attached hydrogens (tertiary/aromatic N) is 1. The molecule has 1 aromatic rings. The van der Waals surface area contributed by atoms with E-state index in [1.165, 1.54) is 0 Å². The number of hydrogen-bond donors (Lipinski definition) is 3. The first-order valence-corrected chi connectivity index (χ1v) is 8.34. The van der Waals surface area contributed by atoms with E-state index in [9.17, 15) is 14.4 Å². The van der Waals surface area contributed by atoms with Crippen molar-refractivity contribution in [3.63, 3.8) is 0 Å². The van der Waals surface area contributed by atoms with E-state index in [0.717, 1.165) is 25.7 Å². The molecule has 0 unspecified atom stereocenters. The molecular formula is C16H22N4O5. The van der Waals surface area contributed by atoms with Gasteiger partial charge < -0.3 is 19.9 Å². The Morgan fingerprint density at radius 1 is 1.04 bits per heavy atom. The minimum atomic E-state index is -0.795. The Labute approximate surface area is 144 Å². The highest BCUT2D eigenvalue weighted by Crippen LogP contribution is 2.26. The molecule has 2 aliphatic carbocycles. The summed E-state index contributed by atoms with van der Waals surface area (Å²) in [6.45, 7) is 5.13. The largest absolute Gasteiger partial charge is 0.444 e. The standard InChI is InChI=1S/C16H22N4O5/c1-16(2,3)24-15(23)19-10-11(13(21)17-8-4-5-8)20-25-12(10)14(22)18-9-6-7-9/h8-9H,4-7H2,1-3H3,(H,17,21)(H,18,22)(H,19,23). The number of ether oxygens (including phenoxy) is 1. The molecule has 0 bridgehead atoms. The van der Waals surface area contributed by atoms with Gasteiger partial charge in [0.25, 0.3) is 11.8 Å². The van der Waals surface area contributed by atoms with Crippen molar-refractivity contribution < 1.29 is 23.6 Å². The molecule has 0 radical (unpaired) electrons. The fourth-order valence-electron chi connectivity index (χ4n) is 2.08. The molecule has 2 aliphatic rings. The number of nitrogens with one attached hydrogen (secondary N) is 3. The summed E-state index contributed by atoms with van der Waals surface area (Å²) in [5.41, 5.74) is -0.946. The van der Waals surface area contributed by atoms with Crippen LogP contribution < -0.4 is 16.0 Å². The highest BCUT2D eigenvalue weighted by molar-refractivity contribution is 6.08. The van der Waals surface area contributed by atoms with E-state index < -0.39 is 23.5 Å². The van der Waals surface area contributed by atoms with Crippen LogP contribution in [0.2, 0.25) is 0 Å². The predicted octanol–water partition coefficient (Wildman–Crippen LogP) is 1.81. The molecule has 9 nitrogen and oxygen atoms in total. The maximum atomic E-state index is 12.3. The van der Waals surface area contributed by atoms with Gasteiger partial charge in [-0.15, -0.1) is 0 Å². The van der Waals surface area contributed by atoms with Crippen molar-refractivity contribution in [1.82, 2.24) is 15.8 Å². The third-order valence-corrected chi connectivity index (χ3v) is 3.56. The monoisotopic (exact) mass is 350 g/mol. The molecular weight excluding hydrogens is 328 g/mol. The molecule has 0 spiro atoms. The minimum absolute atomic E-state index is 0.0782. The average molecular weight is 350 g/mol. The summed E-state index contributed by atoms with van der Waals surface area (Å²) < 4.78 is 10.2. The van der Waals surface area contributed by atoms with Crippen LogP contribution in [0.5, 0.6) is 0 Å². The maximum absolute atomic E-state index is 12.3. The molecule has 1 aromatic heterocycles. The highest BCUT2D eigenvalue weighted by Gasteiger charge is 2.34. The third kappa shape index (κ3) is 4.71. The third-order valence-electron chi connectivity index (χ3n) is 3.56. The van der Waals surface area contributed by atoms with Crippen LogP contribution >= 0.6 is 0 Å². The second-order valence-corrected chi connectivity index (χ2v) is 7.36. The lowest BCUT2D eigenvalue weighted by Crippen LogP contribution is -2.31. The summed E-state index contributed by atoms with van der Waals surface area (Å²) in [6.07, 6.45) is 2.78. The van der Waals surface area contributed by atoms with Gasteiger partial charge in [-0.1, -0.05) is 5.16 Å². The zero-order valence-electron chi connectivity index (χ0n) is 14.5. The molecule has 0 saturated heterocycles. The summed E-state index contributed by atoms with van der Waals surface area (Å²) in [4.78, 5) is 36.7. The number of amides is 3. The summed E-state index contributed by atoms with van der Waals surface area (Å²) in [7, 11) is 0. The quantitative estimate of drug-likeness (QED) is 0.744. The van der Waals surface area contributed by atoms with Crippen LogP contribution in [-0.4, -0.2) is 40.7 Å². The van der Waals surface area contributed by atoms with Crippen LogP contribution in [0.1, 0.15) is 67.5 Å². The number of rotatable bonds is 5. The van der Waals surface area contributed by atoms with E-state index in [1.54, 1.807) is 20.8 Å². The Hall–Kier alpha value is -2.58. The predicted molar refractivity (Wildman–Crippen MR) is 87.3 cm³/mol. The van der Waals surface area contributed by atoms with Crippen LogP contribution in [0.4, 0.5) is 10.5 Å². The smallest absolute Gasteiger partial charge is 0.412 e. The van der Waals surface area contributed by atoms with Crippen molar-refractivity contribution in [3.8, 4) is 0 Å². The number of carbonyl (C=O) groups is 3. The second kappa shape index (κ2) is 6.38. The maximum Gasteiger partial charge on any atom is 0.412 e. The van der Waals surface area contributed by atoms with E-state index >= 15 is 0 Å². The Bertz CT molecular complexity index is 654. The van der Waals surface area contributed by atoms with Crippen molar-refractivity contribution in [1.29, 1.82) is 0 Å². The van der Waals surface area contributed by atoms with Gasteiger partial charge in [-0.3, -0.25) is 14.9 Å². The molecule has 1 heterocycles. The molecule has 2 fully saturated rings. The lowest BCUT2D eigenvalue weighted by molar-refractivity contribution is 0.0635. The molecule has 2 saturated carbocycles. The van der Waals surface area contributed by atoms with Crippen molar-refractivity contribution in [2.75, 3.05) is 5.32 Å². The molecule has 9 heteroatoms. The first-order valence-electron chi connectivity index (χ1n) is 8.34. The molecule has 25 heavy (non-hydrogen) atoms. The lowest BCUT2D eigenvalue weighted by Gasteiger charge is -2.19. The average Bonchev–Trinajstić information content (AvgIpc) is 3.39. The van der Waals surface area contributed by atoms with Crippen LogP contribution in [0, 0.1) is 0 Å². The Morgan fingerprint density at radius 3 is 2.12 bits per heavy atom. The lowest BCUT2D eigenvalue weighted by atomic mass is 10.2. The Kier molecular flexibility index (Phi) is 4.40. The van der Waals surface area contributed by atoms with Gasteiger partial charge in [0.05, 0.1) is 0 Å². The second-order valence-electron chi connectivity index (χ2n) is 7.36. The van der Waals surface area contributed by atoms with E-state index in [2.05, 4.69) is 21.1 Å². The molecule has 136 valence electrons. The first kappa shape index (κ1) is 17.2. The number of hydrogen-bond acceptors (Lipinski definition) is 6. The Balaban J connectivity index is 1.81. The van der Waals surface area contributed by atoms with Crippen LogP contribution in [0.25, 0.3) is 0 Å². The van der Waals surface area contributed by atoms with Gasteiger partial charge in [0.2, 0.25) is 5.76 Å². The first-order chi connectivity index (χ1) is 11.7. The molecule has 0 aliphatic heterocycles. The van der Waals surface area contributed by atoms with Gasteiger partial charge in [-0.2, -0.15) is 0 Å². The zero-order valence-corrected chi connectivity index (χ0v) is 14.5. The minimum Gasteiger partial charge on any atom is -0.444 e. The van der Waals surface area contributed by atoms with Gasteiger partial charge in [0.1, 0.15) is 11.3 Å². The van der Waals surface area contributed by atoms with Gasteiger partial charge in [-0.25, -0.2) is 4.79 Å². The fourth-order valence-corrected chi connectivity index (χ4v) is 2.08. The molecule has 0 aromatic carbocycles. The number of anilines is 1. The molecule has 0 atom stereocenters. The normalized spacial score (nSPS) is 16.9. The van der Waals surface area contributed by atoms with Gasteiger partial charge >= 0.3 is 6.09 Å². The summed E-state index contributed by atoms with van der Waals surface area (Å²) in [5.74, 6) is -1.23. The van der Waals surface area contributed by atoms with Gasteiger partial charge in [-0.05, 0) is 46.5 Å². The fraction of sp³-hybridized carbons (Fsp3) is 0.625. The van der Waals surface area contributed by atoms with Crippen LogP contribution in [-0.2, 0) is 4.74 Å².